The Balaban J connectivity index is 2.39. The molecule has 1 unspecified atom stereocenters. The topological polar surface area (TPSA) is 66.8 Å². The smallest absolute Gasteiger partial charge is 0.324 e. The average Bonchev–Trinajstić information content (AvgIpc) is 2.28. The molecule has 5 heteroatoms. The van der Waals surface area contributed by atoms with Crippen LogP contribution in [0.15, 0.2) is 0 Å². The lowest BCUT2D eigenvalue weighted by atomic mass is 10.1. The van der Waals surface area contributed by atoms with Crippen molar-refractivity contribution in [3.8, 4) is 0 Å². The largest absolute Gasteiger partial charge is 0.481 e. The van der Waals surface area contributed by atoms with Crippen LogP contribution in [0.1, 0.15) is 12.8 Å². The highest BCUT2D eigenvalue weighted by Crippen LogP contribution is 2.13. The van der Waals surface area contributed by atoms with Crippen molar-refractivity contribution in [1.29, 1.82) is 0 Å². The molecule has 1 heterocycles. The van der Waals surface area contributed by atoms with Crippen LogP contribution in [0.3, 0.4) is 0 Å². The van der Waals surface area contributed by atoms with E-state index in [1.807, 2.05) is 0 Å². The number of hydrogen-bond acceptors (Lipinski definition) is 4. The van der Waals surface area contributed by atoms with E-state index >= 15 is 0 Å². The third kappa shape index (κ3) is 1.94. The molecule has 0 bridgehead atoms. The molecular weight excluding hydrogens is 162 g/mol. The summed E-state index contributed by atoms with van der Waals surface area (Å²) in [6, 6.07) is -0.374. The molecule has 5 nitrogen and oxygen atoms in total. The molecule has 1 aliphatic rings. The van der Waals surface area contributed by atoms with Gasteiger partial charge in [0.05, 0.1) is 0 Å². The Hall–Kier alpha value is -1.10. The van der Waals surface area contributed by atoms with Crippen molar-refractivity contribution >= 4 is 11.9 Å². The van der Waals surface area contributed by atoms with E-state index in [9.17, 15) is 9.59 Å². The summed E-state index contributed by atoms with van der Waals surface area (Å²) < 4.78 is 4.70. The van der Waals surface area contributed by atoms with E-state index in [-0.39, 0.29) is 25.2 Å². The molecule has 12 heavy (non-hydrogen) atoms. The fourth-order valence-electron chi connectivity index (χ4n) is 1.13. The van der Waals surface area contributed by atoms with E-state index in [1.54, 1.807) is 11.9 Å². The van der Waals surface area contributed by atoms with Crippen molar-refractivity contribution < 1.29 is 19.4 Å². The molecule has 1 atom stereocenters. The average molecular weight is 173 g/mol. The van der Waals surface area contributed by atoms with Crippen LogP contribution in [0, 0.1) is 0 Å². The summed E-state index contributed by atoms with van der Waals surface area (Å²) in [5.74, 6) is -1.21. The van der Waals surface area contributed by atoms with Gasteiger partial charge in [0.15, 0.2) is 0 Å². The first-order chi connectivity index (χ1) is 5.61. The van der Waals surface area contributed by atoms with Gasteiger partial charge >= 0.3 is 11.9 Å². The number of likely N-dealkylation sites (N-methyl/N-ethyl adjacent to an activating group) is 1. The summed E-state index contributed by atoms with van der Waals surface area (Å²) in [7, 11) is 1.73. The fourth-order valence-corrected chi connectivity index (χ4v) is 1.13. The molecule has 1 aliphatic heterocycles. The molecule has 0 aromatic rings. The van der Waals surface area contributed by atoms with Gasteiger partial charge < -0.3 is 9.84 Å². The predicted molar refractivity (Wildman–Crippen MR) is 39.4 cm³/mol. The number of hydrogen-bond donors (Lipinski definition) is 1. The van der Waals surface area contributed by atoms with Gasteiger partial charge in [0.1, 0.15) is 12.8 Å². The quantitative estimate of drug-likeness (QED) is 0.592. The van der Waals surface area contributed by atoms with Gasteiger partial charge in [0, 0.05) is 6.42 Å². The van der Waals surface area contributed by atoms with Crippen LogP contribution in [0.25, 0.3) is 0 Å². The second-order valence-electron chi connectivity index (χ2n) is 2.80. The van der Waals surface area contributed by atoms with Gasteiger partial charge in [0.2, 0.25) is 0 Å². The summed E-state index contributed by atoms with van der Waals surface area (Å²) >= 11 is 0. The number of carbonyl (C=O) groups is 2. The van der Waals surface area contributed by atoms with Crippen LogP contribution in [-0.2, 0) is 14.3 Å². The van der Waals surface area contributed by atoms with E-state index in [4.69, 9.17) is 9.84 Å². The number of esters is 1. The third-order valence-corrected chi connectivity index (χ3v) is 1.85. The second kappa shape index (κ2) is 3.53. The lowest BCUT2D eigenvalue weighted by Gasteiger charge is -2.11. The van der Waals surface area contributed by atoms with Gasteiger partial charge in [-0.2, -0.15) is 0 Å². The van der Waals surface area contributed by atoms with Gasteiger partial charge in [-0.25, -0.2) is 0 Å². The van der Waals surface area contributed by atoms with Crippen molar-refractivity contribution in [2.45, 2.75) is 18.9 Å². The van der Waals surface area contributed by atoms with Crippen LogP contribution < -0.4 is 0 Å². The molecule has 0 radical (unpaired) electrons. The highest BCUT2D eigenvalue weighted by Gasteiger charge is 2.31. The number of carbonyl (C=O) groups excluding carboxylic acids is 1. The molecule has 0 amide bonds. The molecule has 0 aliphatic carbocycles. The third-order valence-electron chi connectivity index (χ3n) is 1.85. The lowest BCUT2D eigenvalue weighted by Crippen LogP contribution is -2.30. The molecule has 1 saturated heterocycles. The molecule has 68 valence electrons. The van der Waals surface area contributed by atoms with Crippen molar-refractivity contribution in [2.75, 3.05) is 13.8 Å². The van der Waals surface area contributed by atoms with Crippen LogP contribution >= 0.6 is 0 Å². The Morgan fingerprint density at radius 1 is 1.83 bits per heavy atom. The maximum Gasteiger partial charge on any atom is 0.324 e. The summed E-state index contributed by atoms with van der Waals surface area (Å²) in [6.45, 7) is 0.267. The number of aliphatic carboxylic acids is 1. The van der Waals surface area contributed by atoms with Crippen LogP contribution in [-0.4, -0.2) is 41.8 Å². The number of nitrogens with zero attached hydrogens (tertiary/aromatic N) is 1. The minimum Gasteiger partial charge on any atom is -0.481 e. The Morgan fingerprint density at radius 2 is 2.50 bits per heavy atom. The first-order valence-electron chi connectivity index (χ1n) is 3.70. The Labute approximate surface area is 69.9 Å². The molecule has 0 aromatic heterocycles. The van der Waals surface area contributed by atoms with E-state index in [2.05, 4.69) is 0 Å². The Kier molecular flexibility index (Phi) is 2.65. The number of carboxylic acids is 1. The SMILES string of the molecule is CN1COC(=O)C1CCC(=O)O. The zero-order chi connectivity index (χ0) is 9.14. The summed E-state index contributed by atoms with van der Waals surface area (Å²) in [5, 5.41) is 8.38. The minimum atomic E-state index is -0.886. The zero-order valence-electron chi connectivity index (χ0n) is 6.82. The fraction of sp³-hybridized carbons (Fsp3) is 0.714. The van der Waals surface area contributed by atoms with E-state index < -0.39 is 5.97 Å². The van der Waals surface area contributed by atoms with Crippen molar-refractivity contribution in [1.82, 2.24) is 4.90 Å². The summed E-state index contributed by atoms with van der Waals surface area (Å²) in [5.41, 5.74) is 0. The van der Waals surface area contributed by atoms with Crippen LogP contribution in [0.4, 0.5) is 0 Å². The van der Waals surface area contributed by atoms with E-state index in [1.165, 1.54) is 0 Å². The second-order valence-corrected chi connectivity index (χ2v) is 2.80. The highest BCUT2D eigenvalue weighted by atomic mass is 16.6. The number of cyclic esters (lactones) is 1. The highest BCUT2D eigenvalue weighted by molar-refractivity contribution is 5.78. The molecule has 0 saturated carbocycles. The number of carboxylic acid groups (broad SMARTS) is 1. The first kappa shape index (κ1) is 8.99. The van der Waals surface area contributed by atoms with Crippen LogP contribution in [0.5, 0.6) is 0 Å². The van der Waals surface area contributed by atoms with Crippen molar-refractivity contribution in [2.24, 2.45) is 0 Å². The van der Waals surface area contributed by atoms with E-state index in [0.29, 0.717) is 6.42 Å². The monoisotopic (exact) mass is 173 g/mol. The maximum atomic E-state index is 10.9. The minimum absolute atomic E-state index is 0.00407. The normalized spacial score (nSPS) is 24.1. The first-order valence-corrected chi connectivity index (χ1v) is 3.70. The predicted octanol–water partition coefficient (Wildman–Crippen LogP) is -0.334. The van der Waals surface area contributed by atoms with Gasteiger partial charge in [0.25, 0.3) is 0 Å². The van der Waals surface area contributed by atoms with Crippen LogP contribution in [0.2, 0.25) is 0 Å². The van der Waals surface area contributed by atoms with Gasteiger partial charge in [-0.05, 0) is 13.5 Å². The standard InChI is InChI=1S/C7H11NO4/c1-8-4-12-7(11)5(8)2-3-6(9)10/h5H,2-4H2,1H3,(H,9,10). The molecule has 1 fully saturated rings. The van der Waals surface area contributed by atoms with Gasteiger partial charge in [-0.1, -0.05) is 0 Å². The summed E-state index contributed by atoms with van der Waals surface area (Å²) in [4.78, 5) is 22.8. The number of rotatable bonds is 3. The van der Waals surface area contributed by atoms with Gasteiger partial charge in [-0.15, -0.1) is 0 Å². The maximum absolute atomic E-state index is 10.9. The molecule has 1 N–H and O–H groups in total. The Morgan fingerprint density at radius 3 is 2.92 bits per heavy atom. The Bertz CT molecular complexity index is 204. The molecule has 0 aromatic carbocycles. The van der Waals surface area contributed by atoms with Crippen molar-refractivity contribution in [3.05, 3.63) is 0 Å². The summed E-state index contributed by atoms with van der Waals surface area (Å²) in [6.07, 6.45) is 0.328. The van der Waals surface area contributed by atoms with E-state index in [0.717, 1.165) is 0 Å². The molecular formula is C7H11NO4. The van der Waals surface area contributed by atoms with Gasteiger partial charge in [-0.3, -0.25) is 14.5 Å². The zero-order valence-corrected chi connectivity index (χ0v) is 6.82. The molecule has 0 spiro atoms. The van der Waals surface area contributed by atoms with Crippen molar-refractivity contribution in [3.63, 3.8) is 0 Å². The number of ether oxygens (including phenoxy) is 1. The lowest BCUT2D eigenvalue weighted by molar-refractivity contribution is -0.139. The molecule has 1 rings (SSSR count).